The van der Waals surface area contributed by atoms with E-state index >= 15 is 0 Å². The van der Waals surface area contributed by atoms with E-state index in [1.54, 1.807) is 13.0 Å². The molecule has 3 atom stereocenters. The summed E-state index contributed by atoms with van der Waals surface area (Å²) in [7, 11) is 0. The van der Waals surface area contributed by atoms with Crippen LogP contribution in [0, 0.1) is 12.8 Å². The highest BCUT2D eigenvalue weighted by atomic mass is 16.5. The number of aromatic nitrogens is 1. The number of benzene rings is 2. The van der Waals surface area contributed by atoms with Crippen molar-refractivity contribution in [3.05, 3.63) is 89.3 Å². The van der Waals surface area contributed by atoms with Gasteiger partial charge < -0.3 is 20.5 Å². The number of nitrogens with zero attached hydrogens (tertiary/aromatic N) is 1. The van der Waals surface area contributed by atoms with Crippen molar-refractivity contribution in [2.24, 2.45) is 5.92 Å². The minimum atomic E-state index is -0.883. The van der Waals surface area contributed by atoms with Crippen molar-refractivity contribution in [1.29, 1.82) is 0 Å². The third-order valence-electron chi connectivity index (χ3n) is 6.66. The zero-order chi connectivity index (χ0) is 29.8. The van der Waals surface area contributed by atoms with Crippen molar-refractivity contribution in [3.63, 3.8) is 0 Å². The molecule has 218 valence electrons. The smallest absolute Gasteiger partial charge is 0.243 e. The average molecular weight is 561 g/mol. The first-order chi connectivity index (χ1) is 19.6. The molecule has 3 amide bonds. The van der Waals surface area contributed by atoms with Gasteiger partial charge in [-0.2, -0.15) is 0 Å². The SMILES string of the molecule is CC(=O)[C@H](Cc1ccccc1)NC(=O)[C@H](CC(C)C)NC(=O)[C@H](CCc1ccccc1)NC(=O)Cc1cc(C)on1. The Hall–Kier alpha value is -4.27. The van der Waals surface area contributed by atoms with Gasteiger partial charge in [0.1, 0.15) is 17.8 Å². The minimum Gasteiger partial charge on any atom is -0.361 e. The predicted molar refractivity (Wildman–Crippen MR) is 156 cm³/mol. The van der Waals surface area contributed by atoms with Crippen LogP contribution in [0.5, 0.6) is 0 Å². The maximum atomic E-state index is 13.6. The monoisotopic (exact) mass is 560 g/mol. The molecule has 41 heavy (non-hydrogen) atoms. The van der Waals surface area contributed by atoms with Crippen molar-refractivity contribution in [1.82, 2.24) is 21.1 Å². The minimum absolute atomic E-state index is 0.0395. The summed E-state index contributed by atoms with van der Waals surface area (Å²) in [6, 6.07) is 18.3. The number of ketones is 1. The molecule has 1 heterocycles. The van der Waals surface area contributed by atoms with E-state index in [0.717, 1.165) is 11.1 Å². The zero-order valence-electron chi connectivity index (χ0n) is 24.2. The summed E-state index contributed by atoms with van der Waals surface area (Å²) in [5.74, 6) is -0.777. The molecule has 1 aromatic heterocycles. The van der Waals surface area contributed by atoms with E-state index in [2.05, 4.69) is 21.1 Å². The molecule has 0 saturated heterocycles. The molecule has 0 fully saturated rings. The first-order valence-corrected chi connectivity index (χ1v) is 14.0. The van der Waals surface area contributed by atoms with Crippen molar-refractivity contribution >= 4 is 23.5 Å². The second kappa shape index (κ2) is 15.5. The molecule has 0 aliphatic rings. The molecule has 3 aromatic rings. The maximum absolute atomic E-state index is 13.6. The van der Waals surface area contributed by atoms with Crippen LogP contribution in [-0.2, 0) is 38.4 Å². The molecule has 0 aliphatic heterocycles. The van der Waals surface area contributed by atoms with Gasteiger partial charge in [-0.1, -0.05) is 79.7 Å². The third kappa shape index (κ3) is 10.7. The third-order valence-corrected chi connectivity index (χ3v) is 6.66. The number of carbonyl (C=O) groups excluding carboxylic acids is 4. The Kier molecular flexibility index (Phi) is 11.8. The summed E-state index contributed by atoms with van der Waals surface area (Å²) in [6.07, 6.45) is 1.56. The molecular weight excluding hydrogens is 520 g/mol. The van der Waals surface area contributed by atoms with Gasteiger partial charge in [-0.05, 0) is 56.6 Å². The van der Waals surface area contributed by atoms with Crippen LogP contribution in [0.2, 0.25) is 0 Å². The van der Waals surface area contributed by atoms with Crippen LogP contribution in [0.4, 0.5) is 0 Å². The number of nitrogens with one attached hydrogen (secondary N) is 3. The van der Waals surface area contributed by atoms with Gasteiger partial charge in [0, 0.05) is 6.07 Å². The van der Waals surface area contributed by atoms with Crippen LogP contribution in [-0.4, -0.2) is 46.8 Å². The standard InChI is InChI=1S/C32H40N4O5/c1-21(2)17-29(32(40)34-28(23(4)37)19-25-13-9-6-10-14-25)35-31(39)27(16-15-24-11-7-5-8-12-24)33-30(38)20-26-18-22(3)41-36-26/h5-14,18,21,27-29H,15-17,19-20H2,1-4H3,(H,33,38)(H,34,40)(H,35,39)/t27-,28-,29-/m0/s1. The van der Waals surface area contributed by atoms with Gasteiger partial charge in [0.25, 0.3) is 0 Å². The zero-order valence-corrected chi connectivity index (χ0v) is 24.2. The Balaban J connectivity index is 1.73. The van der Waals surface area contributed by atoms with Crippen molar-refractivity contribution < 1.29 is 23.7 Å². The number of aryl methyl sites for hydroxylation is 2. The Morgan fingerprint density at radius 2 is 1.39 bits per heavy atom. The number of amides is 3. The highest BCUT2D eigenvalue weighted by molar-refractivity contribution is 5.94. The molecule has 9 heteroatoms. The summed E-state index contributed by atoms with van der Waals surface area (Å²) >= 11 is 0. The highest BCUT2D eigenvalue weighted by Crippen LogP contribution is 2.11. The van der Waals surface area contributed by atoms with Gasteiger partial charge in [-0.25, -0.2) is 0 Å². The molecule has 0 radical (unpaired) electrons. The lowest BCUT2D eigenvalue weighted by atomic mass is 9.99. The molecule has 3 N–H and O–H groups in total. The van der Waals surface area contributed by atoms with E-state index in [-0.39, 0.29) is 24.0 Å². The number of carbonyl (C=O) groups is 4. The van der Waals surface area contributed by atoms with Gasteiger partial charge in [-0.3, -0.25) is 19.2 Å². The predicted octanol–water partition coefficient (Wildman–Crippen LogP) is 3.49. The van der Waals surface area contributed by atoms with Crippen LogP contribution in [0.3, 0.4) is 0 Å². The molecule has 0 aliphatic carbocycles. The Bertz CT molecular complexity index is 1290. The van der Waals surface area contributed by atoms with Gasteiger partial charge in [0.15, 0.2) is 5.78 Å². The number of rotatable bonds is 15. The van der Waals surface area contributed by atoms with Gasteiger partial charge >= 0.3 is 0 Å². The fourth-order valence-electron chi connectivity index (χ4n) is 4.53. The first-order valence-electron chi connectivity index (χ1n) is 14.0. The van der Waals surface area contributed by atoms with E-state index in [0.29, 0.717) is 37.1 Å². The Labute approximate surface area is 241 Å². The molecule has 0 saturated carbocycles. The summed E-state index contributed by atoms with van der Waals surface area (Å²) in [5.41, 5.74) is 2.41. The van der Waals surface area contributed by atoms with Crippen molar-refractivity contribution in [2.45, 2.75) is 77.9 Å². The lowest BCUT2D eigenvalue weighted by Gasteiger charge is -2.26. The molecule has 9 nitrogen and oxygen atoms in total. The maximum Gasteiger partial charge on any atom is 0.243 e. The Morgan fingerprint density at radius 3 is 1.95 bits per heavy atom. The summed E-state index contributed by atoms with van der Waals surface area (Å²) in [6.45, 7) is 7.08. The molecule has 0 spiro atoms. The number of hydrogen-bond acceptors (Lipinski definition) is 6. The first kappa shape index (κ1) is 31.3. The topological polar surface area (TPSA) is 130 Å². The summed E-state index contributed by atoms with van der Waals surface area (Å²) in [5, 5.41) is 12.4. The van der Waals surface area contributed by atoms with Crippen LogP contribution in [0.25, 0.3) is 0 Å². The van der Waals surface area contributed by atoms with E-state index in [4.69, 9.17) is 4.52 Å². The van der Waals surface area contributed by atoms with Crippen LogP contribution >= 0.6 is 0 Å². The van der Waals surface area contributed by atoms with E-state index in [1.165, 1.54) is 6.92 Å². The van der Waals surface area contributed by atoms with E-state index in [9.17, 15) is 19.2 Å². The Morgan fingerprint density at radius 1 is 0.805 bits per heavy atom. The summed E-state index contributed by atoms with van der Waals surface area (Å²) < 4.78 is 5.05. The second-order valence-corrected chi connectivity index (χ2v) is 10.8. The molecule has 3 rings (SSSR count). The lowest BCUT2D eigenvalue weighted by molar-refractivity contribution is -0.133. The normalized spacial score (nSPS) is 13.2. The molecular formula is C32H40N4O5. The van der Waals surface area contributed by atoms with E-state index in [1.807, 2.05) is 74.5 Å². The van der Waals surface area contributed by atoms with Gasteiger partial charge in [0.05, 0.1) is 18.2 Å². The largest absolute Gasteiger partial charge is 0.361 e. The van der Waals surface area contributed by atoms with Gasteiger partial charge in [0.2, 0.25) is 17.7 Å². The fourth-order valence-corrected chi connectivity index (χ4v) is 4.53. The van der Waals surface area contributed by atoms with Crippen LogP contribution in [0.15, 0.2) is 71.3 Å². The second-order valence-electron chi connectivity index (χ2n) is 10.8. The van der Waals surface area contributed by atoms with Crippen LogP contribution < -0.4 is 16.0 Å². The van der Waals surface area contributed by atoms with Gasteiger partial charge in [-0.15, -0.1) is 0 Å². The number of Topliss-reactive ketones (excluding diaryl/α,β-unsaturated/α-hetero) is 1. The molecule has 0 unspecified atom stereocenters. The average Bonchev–Trinajstić information content (AvgIpc) is 3.34. The van der Waals surface area contributed by atoms with Crippen molar-refractivity contribution in [3.8, 4) is 0 Å². The van der Waals surface area contributed by atoms with E-state index < -0.39 is 29.9 Å². The number of hydrogen-bond donors (Lipinski definition) is 3. The quantitative estimate of drug-likeness (QED) is 0.261. The molecule has 2 aromatic carbocycles. The lowest BCUT2D eigenvalue weighted by Crippen LogP contribution is -2.56. The molecule has 0 bridgehead atoms. The van der Waals surface area contributed by atoms with Crippen LogP contribution in [0.1, 0.15) is 56.2 Å². The fraction of sp³-hybridized carbons (Fsp3) is 0.406. The highest BCUT2D eigenvalue weighted by Gasteiger charge is 2.29. The van der Waals surface area contributed by atoms with Crippen molar-refractivity contribution in [2.75, 3.05) is 0 Å². The summed E-state index contributed by atoms with van der Waals surface area (Å²) in [4.78, 5) is 52.2.